The Bertz CT molecular complexity index is 2050. The Morgan fingerprint density at radius 1 is 1.04 bits per heavy atom. The van der Waals surface area contributed by atoms with Crippen LogP contribution in [0.5, 0.6) is 5.75 Å². The lowest BCUT2D eigenvalue weighted by Crippen LogP contribution is -2.52. The molecule has 270 valence electrons. The number of ether oxygens (including phenoxy) is 2. The molecule has 0 saturated carbocycles. The van der Waals surface area contributed by atoms with Crippen molar-refractivity contribution in [1.82, 2.24) is 15.2 Å². The lowest BCUT2D eigenvalue weighted by Gasteiger charge is -2.29. The summed E-state index contributed by atoms with van der Waals surface area (Å²) in [5.41, 5.74) is 7.18. The number of likely N-dealkylation sites (N-methyl/N-ethyl adjacent to an activating group) is 1. The fourth-order valence-electron chi connectivity index (χ4n) is 6.81. The number of carbonyl (C=O) groups excluding carboxylic acids is 4. The van der Waals surface area contributed by atoms with E-state index in [1.54, 1.807) is 18.2 Å². The van der Waals surface area contributed by atoms with Crippen molar-refractivity contribution in [2.24, 2.45) is 0 Å². The minimum Gasteiger partial charge on any atom is -0.488 e. The van der Waals surface area contributed by atoms with Gasteiger partial charge in [0, 0.05) is 60.5 Å². The van der Waals surface area contributed by atoms with Crippen LogP contribution in [0.1, 0.15) is 44.8 Å². The van der Waals surface area contributed by atoms with Crippen LogP contribution in [0.4, 0.5) is 20.9 Å². The van der Waals surface area contributed by atoms with Gasteiger partial charge >= 0.3 is 0 Å². The summed E-state index contributed by atoms with van der Waals surface area (Å²) in [5, 5.41) is 8.98. The Kier molecular flexibility index (Phi) is 10.2. The van der Waals surface area contributed by atoms with Crippen LogP contribution in [0.3, 0.4) is 0 Å². The molecule has 4 aromatic rings. The highest BCUT2D eigenvalue weighted by molar-refractivity contribution is 7.16. The second-order valence-corrected chi connectivity index (χ2v) is 14.3. The number of halogens is 1. The highest BCUT2D eigenvalue weighted by Crippen LogP contribution is 2.35. The van der Waals surface area contributed by atoms with Gasteiger partial charge in [-0.1, -0.05) is 12.1 Å². The van der Waals surface area contributed by atoms with E-state index < -0.39 is 17.8 Å². The summed E-state index contributed by atoms with van der Waals surface area (Å²) in [7, 11) is 2.09. The molecule has 1 fully saturated rings. The molecule has 52 heavy (non-hydrogen) atoms. The molecule has 4 amide bonds. The Morgan fingerprint density at radius 3 is 2.75 bits per heavy atom. The van der Waals surface area contributed by atoms with Gasteiger partial charge in [-0.15, -0.1) is 11.3 Å². The number of nitrogens with one attached hydrogen (secondary N) is 3. The Hall–Kier alpha value is -5.34. The van der Waals surface area contributed by atoms with Crippen molar-refractivity contribution >= 4 is 51.5 Å². The molecule has 1 saturated heterocycles. The van der Waals surface area contributed by atoms with Crippen LogP contribution in [-0.2, 0) is 38.5 Å². The number of hydrogen-bond donors (Lipinski definition) is 3. The van der Waals surface area contributed by atoms with E-state index in [0.717, 1.165) is 40.4 Å². The van der Waals surface area contributed by atoms with E-state index in [0.29, 0.717) is 42.4 Å². The molecule has 14 heteroatoms. The predicted molar refractivity (Wildman–Crippen MR) is 195 cm³/mol. The number of rotatable bonds is 13. The number of anilines is 3. The van der Waals surface area contributed by atoms with E-state index in [1.165, 1.54) is 39.6 Å². The maximum absolute atomic E-state index is 14.5. The Labute approximate surface area is 304 Å². The third kappa shape index (κ3) is 7.63. The molecule has 1 unspecified atom stereocenters. The third-order valence-electron chi connectivity index (χ3n) is 9.47. The van der Waals surface area contributed by atoms with Gasteiger partial charge in [0.2, 0.25) is 17.7 Å². The normalized spacial score (nSPS) is 16.5. The molecule has 0 aliphatic carbocycles. The maximum atomic E-state index is 14.5. The van der Waals surface area contributed by atoms with E-state index in [9.17, 15) is 23.6 Å². The first-order chi connectivity index (χ1) is 25.1. The molecule has 0 radical (unpaired) electrons. The number of carbonyl (C=O) groups is 4. The zero-order valence-corrected chi connectivity index (χ0v) is 29.7. The van der Waals surface area contributed by atoms with Gasteiger partial charge < -0.3 is 29.9 Å². The summed E-state index contributed by atoms with van der Waals surface area (Å²) >= 11 is 1.42. The van der Waals surface area contributed by atoms with E-state index >= 15 is 0 Å². The SMILES string of the molecule is Cc1sc(NC(=O)Cc2ccc(F)c(OCCOCCNc3ccc4c(c3)CN(C3CCC(=O)NC3=O)C4=O)c2)nc1-c1ccc2c(c1)CCN2C. The average molecular weight is 727 g/mol. The molecule has 12 nitrogen and oxygen atoms in total. The molecule has 1 atom stereocenters. The second kappa shape index (κ2) is 15.1. The monoisotopic (exact) mass is 726 g/mol. The van der Waals surface area contributed by atoms with Gasteiger partial charge in [0.05, 0.1) is 25.3 Å². The number of piperidine rings is 1. The molecule has 1 aromatic heterocycles. The maximum Gasteiger partial charge on any atom is 0.255 e. The quantitative estimate of drug-likeness (QED) is 0.132. The molecule has 3 aliphatic heterocycles. The van der Waals surface area contributed by atoms with Crippen LogP contribution in [0.2, 0.25) is 0 Å². The topological polar surface area (TPSA) is 142 Å². The molecular formula is C38H39FN6O6S. The van der Waals surface area contributed by atoms with Crippen LogP contribution in [0.15, 0.2) is 54.6 Å². The number of imide groups is 1. The van der Waals surface area contributed by atoms with Gasteiger partial charge in [0.25, 0.3) is 5.91 Å². The van der Waals surface area contributed by atoms with E-state index in [4.69, 9.17) is 14.5 Å². The third-order valence-corrected chi connectivity index (χ3v) is 10.4. The first kappa shape index (κ1) is 35.1. The standard InChI is InChI=1S/C38H39FN6O6S/c1-22-35(25-4-8-30-24(19-25)11-13-44(30)2)43-38(52-22)42-34(47)18-23-3-7-29(39)32(17-23)51-16-15-50-14-12-40-27-5-6-28-26(20-27)21-45(37(28)49)31-9-10-33(46)41-36(31)48/h3-8,17,19-20,31,40H,9-16,18,21H2,1-2H3,(H,41,46,48)(H,42,43,47). The molecule has 3 aromatic carbocycles. The van der Waals surface area contributed by atoms with Crippen LogP contribution in [0.25, 0.3) is 11.3 Å². The summed E-state index contributed by atoms with van der Waals surface area (Å²) in [6.07, 6.45) is 1.55. The molecule has 7 rings (SSSR count). The number of amides is 4. The number of thiazole rings is 1. The minimum absolute atomic E-state index is 0.0315. The van der Waals surface area contributed by atoms with Crippen molar-refractivity contribution in [2.75, 3.05) is 55.5 Å². The highest BCUT2D eigenvalue weighted by Gasteiger charge is 2.39. The molecule has 3 N–H and O–H groups in total. The lowest BCUT2D eigenvalue weighted by molar-refractivity contribution is -0.137. The number of aryl methyl sites for hydroxylation is 1. The molecule has 3 aliphatic rings. The van der Waals surface area contributed by atoms with Gasteiger partial charge in [-0.3, -0.25) is 24.5 Å². The number of benzene rings is 3. The molecule has 0 spiro atoms. The zero-order valence-electron chi connectivity index (χ0n) is 28.9. The minimum atomic E-state index is -0.656. The smallest absolute Gasteiger partial charge is 0.255 e. The zero-order chi connectivity index (χ0) is 36.4. The van der Waals surface area contributed by atoms with Crippen molar-refractivity contribution in [3.05, 3.63) is 87.5 Å². The fourth-order valence-corrected chi connectivity index (χ4v) is 7.67. The van der Waals surface area contributed by atoms with Crippen LogP contribution in [-0.4, -0.2) is 79.5 Å². The van der Waals surface area contributed by atoms with Gasteiger partial charge in [0.1, 0.15) is 12.6 Å². The number of hydrogen-bond acceptors (Lipinski definition) is 10. The van der Waals surface area contributed by atoms with Gasteiger partial charge in [-0.2, -0.15) is 0 Å². The molecule has 0 bridgehead atoms. The second-order valence-electron chi connectivity index (χ2n) is 13.1. The van der Waals surface area contributed by atoms with Crippen molar-refractivity contribution in [3.8, 4) is 17.0 Å². The van der Waals surface area contributed by atoms with Gasteiger partial charge in [-0.05, 0) is 78.9 Å². The van der Waals surface area contributed by atoms with E-state index in [1.807, 2.05) is 13.0 Å². The van der Waals surface area contributed by atoms with Crippen molar-refractivity contribution in [3.63, 3.8) is 0 Å². The summed E-state index contributed by atoms with van der Waals surface area (Å²) < 4.78 is 25.8. The first-order valence-corrected chi connectivity index (χ1v) is 18.1. The van der Waals surface area contributed by atoms with E-state index in [2.05, 4.69) is 46.1 Å². The fraction of sp³-hybridized carbons (Fsp3) is 0.342. The summed E-state index contributed by atoms with van der Waals surface area (Å²) in [6.45, 7) is 4.46. The van der Waals surface area contributed by atoms with Crippen LogP contribution in [0, 0.1) is 12.7 Å². The Morgan fingerprint density at radius 2 is 1.90 bits per heavy atom. The summed E-state index contributed by atoms with van der Waals surface area (Å²) in [6, 6.07) is 15.5. The number of nitrogens with zero attached hydrogens (tertiary/aromatic N) is 3. The van der Waals surface area contributed by atoms with Crippen molar-refractivity contribution < 1.29 is 33.0 Å². The number of aromatic nitrogens is 1. The summed E-state index contributed by atoms with van der Waals surface area (Å²) in [4.78, 5) is 59.1. The lowest BCUT2D eigenvalue weighted by atomic mass is 10.0. The highest BCUT2D eigenvalue weighted by atomic mass is 32.1. The van der Waals surface area contributed by atoms with Crippen LogP contribution >= 0.6 is 11.3 Å². The average Bonchev–Trinajstić information content (AvgIpc) is 3.78. The van der Waals surface area contributed by atoms with Gasteiger partial charge in [-0.25, -0.2) is 9.37 Å². The number of fused-ring (bicyclic) bond motifs is 2. The summed E-state index contributed by atoms with van der Waals surface area (Å²) in [5.74, 6) is -1.72. The van der Waals surface area contributed by atoms with E-state index in [-0.39, 0.29) is 49.5 Å². The predicted octanol–water partition coefficient (Wildman–Crippen LogP) is 4.70. The molecular weight excluding hydrogens is 688 g/mol. The molecule has 4 heterocycles. The van der Waals surface area contributed by atoms with Crippen molar-refractivity contribution in [2.45, 2.75) is 45.2 Å². The van der Waals surface area contributed by atoms with Crippen molar-refractivity contribution in [1.29, 1.82) is 0 Å². The van der Waals surface area contributed by atoms with Crippen LogP contribution < -0.4 is 25.6 Å². The largest absolute Gasteiger partial charge is 0.488 e. The Balaban J connectivity index is 0.835. The first-order valence-electron chi connectivity index (χ1n) is 17.2. The van der Waals surface area contributed by atoms with Gasteiger partial charge in [0.15, 0.2) is 16.7 Å².